The van der Waals surface area contributed by atoms with E-state index < -0.39 is 0 Å². The minimum absolute atomic E-state index is 0.00310. The smallest absolute Gasteiger partial charge is 0.320 e. The molecule has 0 aliphatic carbocycles. The Morgan fingerprint density at radius 2 is 2.25 bits per heavy atom. The normalized spacial score (nSPS) is 18.6. The first-order valence-corrected chi connectivity index (χ1v) is 8.11. The van der Waals surface area contributed by atoms with Crippen LogP contribution in [0, 0.1) is 0 Å². The average molecular weight is 313 g/mol. The number of carbonyl (C=O) groups is 2. The molecule has 0 N–H and O–H groups in total. The van der Waals surface area contributed by atoms with Crippen LogP contribution in [0.2, 0.25) is 0 Å². The highest BCUT2D eigenvalue weighted by molar-refractivity contribution is 8.00. The van der Waals surface area contributed by atoms with Crippen LogP contribution >= 0.6 is 23.5 Å². The largest absolute Gasteiger partial charge is 0.468 e. The van der Waals surface area contributed by atoms with Crippen molar-refractivity contribution in [1.29, 1.82) is 0 Å². The summed E-state index contributed by atoms with van der Waals surface area (Å²) in [5.41, 5.74) is 0. The SMILES string of the molecule is COC(=O)[C@@H]1CN(C(=O)CSc2ncccn2)CCS1. The van der Waals surface area contributed by atoms with Crippen LogP contribution in [-0.4, -0.2) is 63.7 Å². The number of esters is 1. The van der Waals surface area contributed by atoms with Crippen molar-refractivity contribution in [2.45, 2.75) is 10.4 Å². The van der Waals surface area contributed by atoms with Crippen LogP contribution < -0.4 is 0 Å². The first-order valence-electron chi connectivity index (χ1n) is 6.07. The third-order valence-corrected chi connectivity index (χ3v) is 4.77. The molecule has 2 heterocycles. The van der Waals surface area contributed by atoms with Gasteiger partial charge in [0.05, 0.1) is 12.9 Å². The van der Waals surface area contributed by atoms with E-state index >= 15 is 0 Å². The molecule has 0 spiro atoms. The summed E-state index contributed by atoms with van der Waals surface area (Å²) in [6.07, 6.45) is 3.29. The zero-order valence-corrected chi connectivity index (χ0v) is 12.7. The minimum atomic E-state index is -0.282. The van der Waals surface area contributed by atoms with Crippen LogP contribution in [0.15, 0.2) is 23.6 Å². The number of methoxy groups -OCH3 is 1. The van der Waals surface area contributed by atoms with E-state index in [1.807, 2.05) is 0 Å². The van der Waals surface area contributed by atoms with Crippen molar-refractivity contribution in [3.8, 4) is 0 Å². The highest BCUT2D eigenvalue weighted by Crippen LogP contribution is 2.21. The highest BCUT2D eigenvalue weighted by atomic mass is 32.2. The first kappa shape index (κ1) is 15.1. The minimum Gasteiger partial charge on any atom is -0.468 e. The van der Waals surface area contributed by atoms with Crippen molar-refractivity contribution in [3.05, 3.63) is 18.5 Å². The molecule has 1 fully saturated rings. The van der Waals surface area contributed by atoms with Crippen molar-refractivity contribution in [2.75, 3.05) is 31.7 Å². The summed E-state index contributed by atoms with van der Waals surface area (Å²) in [5.74, 6) is 0.754. The van der Waals surface area contributed by atoms with Gasteiger partial charge in [-0.15, -0.1) is 11.8 Å². The van der Waals surface area contributed by atoms with E-state index in [0.717, 1.165) is 5.75 Å². The maximum absolute atomic E-state index is 12.1. The molecule has 8 heteroatoms. The quantitative estimate of drug-likeness (QED) is 0.460. The summed E-state index contributed by atoms with van der Waals surface area (Å²) in [4.78, 5) is 33.4. The van der Waals surface area contributed by atoms with Gasteiger partial charge in [0.2, 0.25) is 5.91 Å². The molecular weight excluding hydrogens is 298 g/mol. The van der Waals surface area contributed by atoms with Gasteiger partial charge in [-0.25, -0.2) is 9.97 Å². The molecule has 1 aliphatic rings. The predicted octanol–water partition coefficient (Wildman–Crippen LogP) is 0.686. The van der Waals surface area contributed by atoms with Crippen LogP contribution in [-0.2, 0) is 14.3 Å². The maximum Gasteiger partial charge on any atom is 0.320 e. The topological polar surface area (TPSA) is 72.4 Å². The molecular formula is C12H15N3O3S2. The Balaban J connectivity index is 1.84. The second-order valence-corrected chi connectivity index (χ2v) is 6.30. The number of thioether (sulfide) groups is 2. The third kappa shape index (κ3) is 4.11. The Morgan fingerprint density at radius 3 is 2.95 bits per heavy atom. The second kappa shape index (κ2) is 7.49. The Kier molecular flexibility index (Phi) is 5.66. The molecule has 0 bridgehead atoms. The first-order chi connectivity index (χ1) is 9.70. The molecule has 1 aromatic heterocycles. The van der Waals surface area contributed by atoms with Crippen LogP contribution in [0.3, 0.4) is 0 Å². The molecule has 1 aliphatic heterocycles. The zero-order valence-electron chi connectivity index (χ0n) is 11.0. The van der Waals surface area contributed by atoms with Gasteiger partial charge < -0.3 is 9.64 Å². The van der Waals surface area contributed by atoms with Gasteiger partial charge in [0.15, 0.2) is 5.16 Å². The standard InChI is InChI=1S/C12H15N3O3S2/c1-18-11(17)9-7-15(5-6-19-9)10(16)8-20-12-13-3-2-4-14-12/h2-4,9H,5-8H2,1H3/t9-/m0/s1. The van der Waals surface area contributed by atoms with E-state index in [4.69, 9.17) is 4.74 Å². The van der Waals surface area contributed by atoms with Gasteiger partial charge in [-0.05, 0) is 6.07 Å². The van der Waals surface area contributed by atoms with E-state index in [1.165, 1.54) is 30.6 Å². The lowest BCUT2D eigenvalue weighted by Gasteiger charge is -2.30. The summed E-state index contributed by atoms with van der Waals surface area (Å²) >= 11 is 2.83. The Morgan fingerprint density at radius 1 is 1.50 bits per heavy atom. The Labute approximate surface area is 125 Å². The Hall–Kier alpha value is -1.28. The molecule has 20 heavy (non-hydrogen) atoms. The number of nitrogens with zero attached hydrogens (tertiary/aromatic N) is 3. The van der Waals surface area contributed by atoms with E-state index in [1.54, 1.807) is 23.4 Å². The number of amides is 1. The van der Waals surface area contributed by atoms with Gasteiger partial charge in [-0.2, -0.15) is 0 Å². The number of hydrogen-bond acceptors (Lipinski definition) is 7. The molecule has 1 aromatic rings. The lowest BCUT2D eigenvalue weighted by atomic mass is 10.3. The fourth-order valence-corrected chi connectivity index (χ4v) is 3.56. The maximum atomic E-state index is 12.1. The molecule has 0 unspecified atom stereocenters. The van der Waals surface area contributed by atoms with E-state index in [9.17, 15) is 9.59 Å². The summed E-state index contributed by atoms with van der Waals surface area (Å²) in [6, 6.07) is 1.73. The molecule has 1 amide bonds. The van der Waals surface area contributed by atoms with Gasteiger partial charge in [-0.1, -0.05) is 11.8 Å². The molecule has 2 rings (SSSR count). The van der Waals surface area contributed by atoms with Gasteiger partial charge in [0.25, 0.3) is 0 Å². The fourth-order valence-electron chi connectivity index (χ4n) is 1.73. The van der Waals surface area contributed by atoms with Crippen LogP contribution in [0.1, 0.15) is 0 Å². The molecule has 108 valence electrons. The number of aromatic nitrogens is 2. The third-order valence-electron chi connectivity index (χ3n) is 2.75. The summed E-state index contributed by atoms with van der Waals surface area (Å²) in [7, 11) is 1.37. The molecule has 0 radical (unpaired) electrons. The monoisotopic (exact) mass is 313 g/mol. The van der Waals surface area contributed by atoms with E-state index in [2.05, 4.69) is 9.97 Å². The number of ether oxygens (including phenoxy) is 1. The van der Waals surface area contributed by atoms with Gasteiger partial charge in [0.1, 0.15) is 5.25 Å². The summed E-state index contributed by atoms with van der Waals surface area (Å²) < 4.78 is 4.72. The number of carbonyl (C=O) groups excluding carboxylic acids is 2. The van der Waals surface area contributed by atoms with E-state index in [0.29, 0.717) is 18.2 Å². The second-order valence-electron chi connectivity index (χ2n) is 4.04. The predicted molar refractivity (Wildman–Crippen MR) is 77.6 cm³/mol. The number of rotatable bonds is 4. The fraction of sp³-hybridized carbons (Fsp3) is 0.500. The van der Waals surface area contributed by atoms with Crippen LogP contribution in [0.5, 0.6) is 0 Å². The average Bonchev–Trinajstić information content (AvgIpc) is 2.53. The lowest BCUT2D eigenvalue weighted by Crippen LogP contribution is -2.45. The molecule has 6 nitrogen and oxygen atoms in total. The van der Waals surface area contributed by atoms with Crippen molar-refractivity contribution in [3.63, 3.8) is 0 Å². The van der Waals surface area contributed by atoms with Gasteiger partial charge in [0, 0.05) is 31.2 Å². The van der Waals surface area contributed by atoms with Gasteiger partial charge >= 0.3 is 5.97 Å². The van der Waals surface area contributed by atoms with Crippen molar-refractivity contribution in [2.24, 2.45) is 0 Å². The summed E-state index contributed by atoms with van der Waals surface area (Å²) in [5, 5.41) is 0.299. The zero-order chi connectivity index (χ0) is 14.4. The molecule has 0 saturated carbocycles. The highest BCUT2D eigenvalue weighted by Gasteiger charge is 2.29. The van der Waals surface area contributed by atoms with Crippen molar-refractivity contribution < 1.29 is 14.3 Å². The molecule has 0 aromatic carbocycles. The number of hydrogen-bond donors (Lipinski definition) is 0. The summed E-state index contributed by atoms with van der Waals surface area (Å²) in [6.45, 7) is 1.07. The molecule has 1 saturated heterocycles. The van der Waals surface area contributed by atoms with Crippen LogP contribution in [0.25, 0.3) is 0 Å². The van der Waals surface area contributed by atoms with Crippen molar-refractivity contribution >= 4 is 35.4 Å². The molecule has 1 atom stereocenters. The van der Waals surface area contributed by atoms with Crippen LogP contribution in [0.4, 0.5) is 0 Å². The Bertz CT molecular complexity index is 472. The lowest BCUT2D eigenvalue weighted by molar-refractivity contribution is -0.141. The van der Waals surface area contributed by atoms with Crippen molar-refractivity contribution in [1.82, 2.24) is 14.9 Å². The van der Waals surface area contributed by atoms with E-state index in [-0.39, 0.29) is 22.9 Å². The van der Waals surface area contributed by atoms with Gasteiger partial charge in [-0.3, -0.25) is 9.59 Å².